The highest BCUT2D eigenvalue weighted by Gasteiger charge is 2.64. The Kier molecular flexibility index (Phi) is 5.16. The van der Waals surface area contributed by atoms with Crippen molar-refractivity contribution in [1.29, 1.82) is 0 Å². The van der Waals surface area contributed by atoms with Crippen LogP contribution < -0.4 is 5.32 Å². The van der Waals surface area contributed by atoms with E-state index in [2.05, 4.69) is 10.2 Å². The molecule has 1 amide bonds. The van der Waals surface area contributed by atoms with Crippen molar-refractivity contribution in [3.63, 3.8) is 0 Å². The molecule has 3 atom stereocenters. The molecule has 0 aromatic rings. The lowest BCUT2D eigenvalue weighted by atomic mass is 9.44. The van der Waals surface area contributed by atoms with Crippen LogP contribution in [-0.2, 0) is 19.1 Å². The van der Waals surface area contributed by atoms with Gasteiger partial charge in [-0.2, -0.15) is 0 Å². The van der Waals surface area contributed by atoms with Crippen molar-refractivity contribution in [2.45, 2.75) is 70.3 Å². The van der Waals surface area contributed by atoms with E-state index >= 15 is 0 Å². The summed E-state index contributed by atoms with van der Waals surface area (Å²) in [6.45, 7) is 3.69. The smallest absolute Gasteiger partial charge is 0.330 e. The molecule has 0 spiro atoms. The van der Waals surface area contributed by atoms with E-state index < -0.39 is 22.3 Å². The quantitative estimate of drug-likeness (QED) is 0.657. The number of esters is 1. The number of carbonyl (C=O) groups excluding carboxylic acids is 2. The minimum atomic E-state index is -1.32. The Labute approximate surface area is 172 Å². The lowest BCUT2D eigenvalue weighted by Crippen LogP contribution is -2.65. The average Bonchev–Trinajstić information content (AvgIpc) is 2.66. The van der Waals surface area contributed by atoms with E-state index in [1.807, 2.05) is 0 Å². The monoisotopic (exact) mass is 406 g/mol. The predicted molar refractivity (Wildman–Crippen MR) is 106 cm³/mol. The van der Waals surface area contributed by atoms with Gasteiger partial charge in [0.05, 0.1) is 17.9 Å². The minimum Gasteiger partial charge on any atom is -0.479 e. The molecule has 1 saturated heterocycles. The van der Waals surface area contributed by atoms with E-state index in [0.29, 0.717) is 24.8 Å². The molecule has 29 heavy (non-hydrogen) atoms. The summed E-state index contributed by atoms with van der Waals surface area (Å²) in [6.07, 6.45) is 7.99. The highest BCUT2D eigenvalue weighted by molar-refractivity contribution is 5.91. The molecule has 0 radical (unpaired) electrons. The summed E-state index contributed by atoms with van der Waals surface area (Å²) in [5, 5.41) is 12.9. The van der Waals surface area contributed by atoms with Crippen molar-refractivity contribution in [2.24, 2.45) is 22.7 Å². The standard InChI is InChI=1S/C22H34N2O5/c1-20(18(26)27,14-24-6-4-3-5-7-24)23-17(25)21-9-15-8-16(10-21)12-22(11-15,13-21)19(28)29-2/h15-16H,3-14H2,1-2H3,(H,23,25)(H,26,27). The molecule has 0 aromatic heterocycles. The zero-order valence-corrected chi connectivity index (χ0v) is 17.7. The van der Waals surface area contributed by atoms with Gasteiger partial charge in [-0.3, -0.25) is 9.59 Å². The molecule has 162 valence electrons. The zero-order chi connectivity index (χ0) is 20.9. The largest absolute Gasteiger partial charge is 0.479 e. The first-order valence-electron chi connectivity index (χ1n) is 11.1. The highest BCUT2D eigenvalue weighted by Crippen LogP contribution is 2.65. The Hall–Kier alpha value is -1.63. The molecular weight excluding hydrogens is 372 g/mol. The molecule has 0 aromatic carbocycles. The second-order valence-corrected chi connectivity index (χ2v) is 10.4. The van der Waals surface area contributed by atoms with Gasteiger partial charge < -0.3 is 20.1 Å². The maximum Gasteiger partial charge on any atom is 0.330 e. The maximum absolute atomic E-state index is 13.6. The fraction of sp³-hybridized carbons (Fsp3) is 0.864. The third kappa shape index (κ3) is 3.56. The molecule has 3 unspecified atom stereocenters. The van der Waals surface area contributed by atoms with Crippen LogP contribution in [0.3, 0.4) is 0 Å². The molecule has 5 rings (SSSR count). The summed E-state index contributed by atoms with van der Waals surface area (Å²) in [5.74, 6) is -0.678. The van der Waals surface area contributed by atoms with Gasteiger partial charge in [0.2, 0.25) is 5.91 Å². The van der Waals surface area contributed by atoms with Gasteiger partial charge in [-0.15, -0.1) is 0 Å². The Morgan fingerprint density at radius 3 is 2.21 bits per heavy atom. The first kappa shape index (κ1) is 20.6. The van der Waals surface area contributed by atoms with Crippen LogP contribution in [0.1, 0.15) is 64.7 Å². The Morgan fingerprint density at radius 2 is 1.66 bits per heavy atom. The summed E-state index contributed by atoms with van der Waals surface area (Å²) in [7, 11) is 1.42. The Morgan fingerprint density at radius 1 is 1.07 bits per heavy atom. The van der Waals surface area contributed by atoms with Crippen LogP contribution >= 0.6 is 0 Å². The molecule has 1 aliphatic heterocycles. The molecule has 4 saturated carbocycles. The number of nitrogens with zero attached hydrogens (tertiary/aromatic N) is 1. The number of hydrogen-bond donors (Lipinski definition) is 2. The molecule has 4 bridgehead atoms. The molecule has 1 heterocycles. The minimum absolute atomic E-state index is 0.179. The lowest BCUT2D eigenvalue weighted by Gasteiger charge is -2.60. The number of piperidine rings is 1. The number of carbonyl (C=O) groups is 3. The van der Waals surface area contributed by atoms with Crippen molar-refractivity contribution in [2.75, 3.05) is 26.7 Å². The summed E-state index contributed by atoms with van der Waals surface area (Å²) >= 11 is 0. The third-order valence-corrected chi connectivity index (χ3v) is 8.01. The number of aliphatic carboxylic acids is 1. The number of hydrogen-bond acceptors (Lipinski definition) is 5. The maximum atomic E-state index is 13.6. The summed E-state index contributed by atoms with van der Waals surface area (Å²) in [4.78, 5) is 40.5. The zero-order valence-electron chi connectivity index (χ0n) is 17.7. The summed E-state index contributed by atoms with van der Waals surface area (Å²) in [6, 6.07) is 0. The molecule has 4 aliphatic carbocycles. The summed E-state index contributed by atoms with van der Waals surface area (Å²) < 4.78 is 5.13. The number of methoxy groups -OCH3 is 1. The molecule has 5 aliphatic rings. The van der Waals surface area contributed by atoms with E-state index in [0.717, 1.165) is 58.0 Å². The van der Waals surface area contributed by atoms with Gasteiger partial charge >= 0.3 is 11.9 Å². The predicted octanol–water partition coefficient (Wildman–Crippen LogP) is 2.19. The van der Waals surface area contributed by atoms with Crippen molar-refractivity contribution in [3.8, 4) is 0 Å². The lowest BCUT2D eigenvalue weighted by molar-refractivity contribution is -0.183. The molecule has 7 nitrogen and oxygen atoms in total. The SMILES string of the molecule is COC(=O)C12CC3CC(CC(C(=O)NC(C)(CN4CCCCC4)C(=O)O)(C3)C1)C2. The molecule has 7 heteroatoms. The number of ether oxygens (including phenoxy) is 1. The number of nitrogens with one attached hydrogen (secondary N) is 1. The van der Waals surface area contributed by atoms with E-state index in [4.69, 9.17) is 4.74 Å². The van der Waals surface area contributed by atoms with E-state index in [1.165, 1.54) is 13.5 Å². The fourth-order valence-electron chi connectivity index (χ4n) is 7.09. The van der Waals surface area contributed by atoms with E-state index in [-0.39, 0.29) is 11.9 Å². The second-order valence-electron chi connectivity index (χ2n) is 10.4. The first-order valence-corrected chi connectivity index (χ1v) is 11.1. The van der Waals surface area contributed by atoms with Crippen LogP contribution in [-0.4, -0.2) is 60.1 Å². The van der Waals surface area contributed by atoms with Crippen molar-refractivity contribution < 1.29 is 24.2 Å². The number of carboxylic acid groups (broad SMARTS) is 1. The van der Waals surface area contributed by atoms with Gasteiger partial charge in [0.1, 0.15) is 5.54 Å². The van der Waals surface area contributed by atoms with Gasteiger partial charge in [-0.1, -0.05) is 6.42 Å². The van der Waals surface area contributed by atoms with Crippen LogP contribution in [0.4, 0.5) is 0 Å². The van der Waals surface area contributed by atoms with Crippen LogP contribution in [0, 0.1) is 22.7 Å². The van der Waals surface area contributed by atoms with Crippen LogP contribution in [0.25, 0.3) is 0 Å². The third-order valence-electron chi connectivity index (χ3n) is 8.01. The van der Waals surface area contributed by atoms with Crippen molar-refractivity contribution in [3.05, 3.63) is 0 Å². The Balaban J connectivity index is 1.54. The first-order chi connectivity index (χ1) is 13.7. The second kappa shape index (κ2) is 7.25. The van der Waals surface area contributed by atoms with Crippen LogP contribution in [0.5, 0.6) is 0 Å². The van der Waals surface area contributed by atoms with Gasteiger partial charge in [-0.25, -0.2) is 4.79 Å². The van der Waals surface area contributed by atoms with Gasteiger partial charge in [0.15, 0.2) is 0 Å². The fourth-order valence-corrected chi connectivity index (χ4v) is 7.09. The normalized spacial score (nSPS) is 38.3. The van der Waals surface area contributed by atoms with Gasteiger partial charge in [0, 0.05) is 6.54 Å². The van der Waals surface area contributed by atoms with E-state index in [9.17, 15) is 19.5 Å². The van der Waals surface area contributed by atoms with Gasteiger partial charge in [0.25, 0.3) is 0 Å². The highest BCUT2D eigenvalue weighted by atomic mass is 16.5. The average molecular weight is 407 g/mol. The number of carboxylic acids is 1. The number of rotatable bonds is 6. The number of amides is 1. The summed E-state index contributed by atoms with van der Waals surface area (Å²) in [5.41, 5.74) is -2.53. The topological polar surface area (TPSA) is 95.9 Å². The Bertz CT molecular complexity index is 687. The van der Waals surface area contributed by atoms with Crippen LogP contribution in [0.2, 0.25) is 0 Å². The molecule has 5 fully saturated rings. The number of likely N-dealkylation sites (tertiary alicyclic amines) is 1. The van der Waals surface area contributed by atoms with Crippen molar-refractivity contribution >= 4 is 17.8 Å². The molecule has 2 N–H and O–H groups in total. The van der Waals surface area contributed by atoms with Crippen LogP contribution in [0.15, 0.2) is 0 Å². The van der Waals surface area contributed by atoms with E-state index in [1.54, 1.807) is 6.92 Å². The van der Waals surface area contributed by atoms with Crippen molar-refractivity contribution in [1.82, 2.24) is 10.2 Å². The van der Waals surface area contributed by atoms with Gasteiger partial charge in [-0.05, 0) is 83.2 Å². The molecular formula is C22H34N2O5.